The molecule has 3 rings (SSSR count). The zero-order valence-corrected chi connectivity index (χ0v) is 13.4. The first-order valence-corrected chi connectivity index (χ1v) is 7.93. The van der Waals surface area contributed by atoms with Gasteiger partial charge >= 0.3 is 0 Å². The molecule has 3 aromatic rings. The maximum atomic E-state index is 14.2. The van der Waals surface area contributed by atoms with Crippen LogP contribution >= 0.6 is 15.9 Å². The summed E-state index contributed by atoms with van der Waals surface area (Å²) in [5.74, 6) is -0.111. The molecule has 0 aromatic heterocycles. The highest BCUT2D eigenvalue weighted by molar-refractivity contribution is 9.09. The molecule has 0 aliphatic rings. The van der Waals surface area contributed by atoms with Gasteiger partial charge in [0.15, 0.2) is 0 Å². The topological polar surface area (TPSA) is 0 Å². The quantitative estimate of drug-likeness (QED) is 0.514. The molecule has 106 valence electrons. The lowest BCUT2D eigenvalue weighted by Crippen LogP contribution is -2.00. The molecule has 0 amide bonds. The van der Waals surface area contributed by atoms with E-state index in [2.05, 4.69) is 46.3 Å². The molecule has 0 N–H and O–H groups in total. The highest BCUT2D eigenvalue weighted by Gasteiger charge is 2.14. The van der Waals surface area contributed by atoms with Crippen molar-refractivity contribution in [1.29, 1.82) is 0 Å². The van der Waals surface area contributed by atoms with E-state index in [1.807, 2.05) is 24.3 Å². The molecule has 0 aliphatic heterocycles. The lowest BCUT2D eigenvalue weighted by Gasteiger charge is -2.13. The Labute approximate surface area is 132 Å². The van der Waals surface area contributed by atoms with Crippen molar-refractivity contribution in [3.05, 3.63) is 83.2 Å². The third-order valence-corrected chi connectivity index (χ3v) is 4.60. The molecule has 1 atom stereocenters. The van der Waals surface area contributed by atoms with E-state index in [9.17, 15) is 4.39 Å². The van der Waals surface area contributed by atoms with Crippen LogP contribution in [-0.2, 0) is 6.42 Å². The second-order valence-corrected chi connectivity index (χ2v) is 6.44. The maximum absolute atomic E-state index is 14.2. The number of hydrogen-bond donors (Lipinski definition) is 0. The summed E-state index contributed by atoms with van der Waals surface area (Å²) in [6.45, 7) is 1.80. The van der Waals surface area contributed by atoms with Gasteiger partial charge in [-0.2, -0.15) is 0 Å². The van der Waals surface area contributed by atoms with Crippen LogP contribution in [0, 0.1) is 12.7 Å². The average molecular weight is 343 g/mol. The molecular weight excluding hydrogens is 327 g/mol. The molecule has 3 aromatic carbocycles. The molecule has 0 spiro atoms. The van der Waals surface area contributed by atoms with Crippen molar-refractivity contribution in [3.63, 3.8) is 0 Å². The standard InChI is InChI=1S/C19H16BrF/c1-13-5-4-8-17(19(13)21)18(20)12-14-9-10-15-6-2-3-7-16(15)11-14/h2-11,18H,12H2,1H3. The molecule has 1 unspecified atom stereocenters. The number of benzene rings is 3. The van der Waals surface area contributed by atoms with Crippen molar-refractivity contribution in [2.24, 2.45) is 0 Å². The molecule has 0 nitrogen and oxygen atoms in total. The van der Waals surface area contributed by atoms with Gasteiger partial charge in [0.1, 0.15) is 5.82 Å². The van der Waals surface area contributed by atoms with Crippen LogP contribution < -0.4 is 0 Å². The zero-order chi connectivity index (χ0) is 14.8. The molecule has 0 saturated heterocycles. The first-order valence-electron chi connectivity index (χ1n) is 7.02. The van der Waals surface area contributed by atoms with E-state index in [-0.39, 0.29) is 10.6 Å². The summed E-state index contributed by atoms with van der Waals surface area (Å²) in [7, 11) is 0. The van der Waals surface area contributed by atoms with E-state index in [4.69, 9.17) is 0 Å². The number of rotatable bonds is 3. The Hall–Kier alpha value is -1.67. The van der Waals surface area contributed by atoms with Crippen molar-refractivity contribution in [2.75, 3.05) is 0 Å². The number of aryl methyl sites for hydroxylation is 1. The highest BCUT2D eigenvalue weighted by atomic mass is 79.9. The highest BCUT2D eigenvalue weighted by Crippen LogP contribution is 2.31. The second-order valence-electron chi connectivity index (χ2n) is 5.33. The monoisotopic (exact) mass is 342 g/mol. The van der Waals surface area contributed by atoms with Crippen molar-refractivity contribution in [2.45, 2.75) is 18.2 Å². The maximum Gasteiger partial charge on any atom is 0.130 e. The minimum absolute atomic E-state index is 0.0152. The van der Waals surface area contributed by atoms with Gasteiger partial charge in [0.25, 0.3) is 0 Å². The molecule has 0 aliphatic carbocycles. The molecule has 0 radical (unpaired) electrons. The van der Waals surface area contributed by atoms with Crippen LogP contribution in [0.4, 0.5) is 4.39 Å². The molecule has 0 heterocycles. The summed E-state index contributed by atoms with van der Waals surface area (Å²) in [5.41, 5.74) is 2.62. The Morgan fingerprint density at radius 1 is 0.952 bits per heavy atom. The third kappa shape index (κ3) is 3.01. The molecule has 21 heavy (non-hydrogen) atoms. The molecule has 2 heteroatoms. The summed E-state index contributed by atoms with van der Waals surface area (Å²) >= 11 is 3.63. The predicted octanol–water partition coefficient (Wildman–Crippen LogP) is 5.97. The summed E-state index contributed by atoms with van der Waals surface area (Å²) in [6, 6.07) is 20.3. The number of alkyl halides is 1. The third-order valence-electron chi connectivity index (χ3n) is 3.79. The summed E-state index contributed by atoms with van der Waals surface area (Å²) in [6.07, 6.45) is 0.769. The van der Waals surface area contributed by atoms with Crippen molar-refractivity contribution >= 4 is 26.7 Å². The smallest absolute Gasteiger partial charge is 0.130 e. The SMILES string of the molecule is Cc1cccc(C(Br)Cc2ccc3ccccc3c2)c1F. The van der Waals surface area contributed by atoms with Crippen LogP contribution in [0.25, 0.3) is 10.8 Å². The second kappa shape index (κ2) is 5.98. The van der Waals surface area contributed by atoms with E-state index in [1.165, 1.54) is 16.3 Å². The summed E-state index contributed by atoms with van der Waals surface area (Å²) in [4.78, 5) is -0.0152. The largest absolute Gasteiger partial charge is 0.206 e. The van der Waals surface area contributed by atoms with E-state index < -0.39 is 0 Å². The van der Waals surface area contributed by atoms with Gasteiger partial charge in [-0.05, 0) is 35.2 Å². The fraction of sp³-hybridized carbons (Fsp3) is 0.158. The van der Waals surface area contributed by atoms with Crippen molar-refractivity contribution in [3.8, 4) is 0 Å². The molecule has 0 bridgehead atoms. The van der Waals surface area contributed by atoms with Gasteiger partial charge < -0.3 is 0 Å². The molecular formula is C19H16BrF. The van der Waals surface area contributed by atoms with Gasteiger partial charge in [-0.3, -0.25) is 0 Å². The fourth-order valence-corrected chi connectivity index (χ4v) is 3.32. The molecule has 0 fully saturated rings. The van der Waals surface area contributed by atoms with E-state index in [0.29, 0.717) is 5.56 Å². The van der Waals surface area contributed by atoms with Crippen LogP contribution in [0.1, 0.15) is 21.5 Å². The van der Waals surface area contributed by atoms with E-state index in [0.717, 1.165) is 12.0 Å². The average Bonchev–Trinajstić information content (AvgIpc) is 2.50. The Morgan fingerprint density at radius 2 is 1.71 bits per heavy atom. The first-order chi connectivity index (χ1) is 10.1. The lowest BCUT2D eigenvalue weighted by atomic mass is 10.00. The van der Waals surface area contributed by atoms with E-state index in [1.54, 1.807) is 13.0 Å². The Balaban J connectivity index is 1.89. The van der Waals surface area contributed by atoms with Crippen LogP contribution in [0.5, 0.6) is 0 Å². The van der Waals surface area contributed by atoms with Gasteiger partial charge in [-0.1, -0.05) is 76.6 Å². The fourth-order valence-electron chi connectivity index (χ4n) is 2.59. The summed E-state index contributed by atoms with van der Waals surface area (Å²) in [5, 5.41) is 2.45. The van der Waals surface area contributed by atoms with Crippen LogP contribution in [-0.4, -0.2) is 0 Å². The van der Waals surface area contributed by atoms with Gasteiger partial charge in [-0.15, -0.1) is 0 Å². The van der Waals surface area contributed by atoms with Gasteiger partial charge in [-0.25, -0.2) is 4.39 Å². The normalized spacial score (nSPS) is 12.5. The zero-order valence-electron chi connectivity index (χ0n) is 11.8. The van der Waals surface area contributed by atoms with Gasteiger partial charge in [0.2, 0.25) is 0 Å². The number of hydrogen-bond acceptors (Lipinski definition) is 0. The van der Waals surface area contributed by atoms with Crippen molar-refractivity contribution < 1.29 is 4.39 Å². The lowest BCUT2D eigenvalue weighted by molar-refractivity contribution is 0.599. The number of halogens is 2. The Morgan fingerprint density at radius 3 is 2.52 bits per heavy atom. The first kappa shape index (κ1) is 14.3. The molecule has 0 saturated carbocycles. The van der Waals surface area contributed by atoms with Crippen LogP contribution in [0.2, 0.25) is 0 Å². The van der Waals surface area contributed by atoms with Crippen LogP contribution in [0.3, 0.4) is 0 Å². The van der Waals surface area contributed by atoms with Crippen LogP contribution in [0.15, 0.2) is 60.7 Å². The Kier molecular flexibility index (Phi) is 4.07. The summed E-state index contributed by atoms with van der Waals surface area (Å²) < 4.78 is 14.2. The number of fused-ring (bicyclic) bond motifs is 1. The Bertz CT molecular complexity index is 779. The minimum atomic E-state index is -0.111. The minimum Gasteiger partial charge on any atom is -0.206 e. The van der Waals surface area contributed by atoms with Crippen molar-refractivity contribution in [1.82, 2.24) is 0 Å². The van der Waals surface area contributed by atoms with Gasteiger partial charge in [0.05, 0.1) is 0 Å². The van der Waals surface area contributed by atoms with E-state index >= 15 is 0 Å². The van der Waals surface area contributed by atoms with Gasteiger partial charge in [0, 0.05) is 10.4 Å². The predicted molar refractivity (Wildman–Crippen MR) is 90.5 cm³/mol.